The summed E-state index contributed by atoms with van der Waals surface area (Å²) in [7, 11) is -4.61. The van der Waals surface area contributed by atoms with E-state index in [1.165, 1.54) is 12.1 Å². The number of carboxylic acids is 1. The normalized spacial score (nSPS) is 17.0. The Labute approximate surface area is 157 Å². The molecule has 0 heterocycles. The number of halogens is 4. The Hall–Kier alpha value is -2.10. The number of alkyl halides is 3. The first-order valence-corrected chi connectivity index (χ1v) is 9.61. The molecule has 0 saturated carbocycles. The van der Waals surface area contributed by atoms with Crippen molar-refractivity contribution in [2.75, 3.05) is 0 Å². The van der Waals surface area contributed by atoms with E-state index in [1.807, 2.05) is 0 Å². The second-order valence-corrected chi connectivity index (χ2v) is 8.10. The summed E-state index contributed by atoms with van der Waals surface area (Å²) in [5.74, 6) is -1.18. The summed E-state index contributed by atoms with van der Waals surface area (Å²) in [4.78, 5) is 10.1. The van der Waals surface area contributed by atoms with Crippen LogP contribution in [-0.4, -0.2) is 19.5 Å². The highest BCUT2D eigenvalue weighted by molar-refractivity contribution is 7.89. The third-order valence-electron chi connectivity index (χ3n) is 4.31. The van der Waals surface area contributed by atoms with Gasteiger partial charge in [0.1, 0.15) is 4.90 Å². The summed E-state index contributed by atoms with van der Waals surface area (Å²) in [6.07, 6.45) is -4.14. The van der Waals surface area contributed by atoms with Gasteiger partial charge in [0.05, 0.1) is 16.1 Å². The van der Waals surface area contributed by atoms with Crippen molar-refractivity contribution >= 4 is 27.6 Å². The third kappa shape index (κ3) is 3.80. The minimum atomic E-state index is -4.90. The van der Waals surface area contributed by atoms with Crippen molar-refractivity contribution in [3.63, 3.8) is 0 Å². The second-order valence-electron chi connectivity index (χ2n) is 6.05. The van der Waals surface area contributed by atoms with Gasteiger partial charge in [0.15, 0.2) is 0 Å². The Morgan fingerprint density at radius 1 is 1.22 bits per heavy atom. The van der Waals surface area contributed by atoms with Gasteiger partial charge in [0.25, 0.3) is 0 Å². The molecule has 2 aromatic carbocycles. The summed E-state index contributed by atoms with van der Waals surface area (Å²) in [6, 6.07) is 6.19. The predicted octanol–water partition coefficient (Wildman–Crippen LogP) is 4.02. The topological polar surface area (TPSA) is 83.5 Å². The van der Waals surface area contributed by atoms with Crippen molar-refractivity contribution in [1.29, 1.82) is 0 Å². The van der Waals surface area contributed by atoms with Gasteiger partial charge in [-0.2, -0.15) is 13.2 Å². The molecule has 0 radical (unpaired) electrons. The van der Waals surface area contributed by atoms with Crippen LogP contribution in [0, 0.1) is 0 Å². The Kier molecular flexibility index (Phi) is 4.96. The standard InChI is InChI=1S/C17H13ClF3NO4S/c18-13-3-1-2-12(17(19,20)21)15(13)27(25,26)22-14-7-6-9-4-5-10(16(23)24)8-11(9)14/h1-5,8,14,22H,6-7H2,(H,23,24)/t14-/m1/s1. The van der Waals surface area contributed by atoms with Gasteiger partial charge >= 0.3 is 12.1 Å². The molecule has 144 valence electrons. The van der Waals surface area contributed by atoms with Crippen molar-refractivity contribution in [2.45, 2.75) is 30.0 Å². The highest BCUT2D eigenvalue weighted by Crippen LogP contribution is 2.39. The third-order valence-corrected chi connectivity index (χ3v) is 6.31. The average molecular weight is 420 g/mol. The van der Waals surface area contributed by atoms with E-state index < -0.39 is 43.7 Å². The maximum Gasteiger partial charge on any atom is 0.417 e. The van der Waals surface area contributed by atoms with Gasteiger partial charge in [-0.25, -0.2) is 17.9 Å². The number of rotatable bonds is 4. The zero-order chi connectivity index (χ0) is 20.0. The molecule has 0 amide bonds. The molecule has 0 unspecified atom stereocenters. The van der Waals surface area contributed by atoms with Crippen molar-refractivity contribution < 1.29 is 31.5 Å². The molecule has 0 bridgehead atoms. The Morgan fingerprint density at radius 2 is 1.93 bits per heavy atom. The molecule has 0 saturated heterocycles. The van der Waals surface area contributed by atoms with Gasteiger partial charge in [-0.05, 0) is 48.2 Å². The molecule has 1 atom stereocenters. The fourth-order valence-electron chi connectivity index (χ4n) is 3.11. The second kappa shape index (κ2) is 6.81. The quantitative estimate of drug-likeness (QED) is 0.784. The molecule has 27 heavy (non-hydrogen) atoms. The minimum absolute atomic E-state index is 0.0337. The number of benzene rings is 2. The fraction of sp³-hybridized carbons (Fsp3) is 0.235. The lowest BCUT2D eigenvalue weighted by Crippen LogP contribution is -2.29. The molecule has 10 heteroatoms. The number of aromatic carboxylic acids is 1. The fourth-order valence-corrected chi connectivity index (χ4v) is 5.12. The number of fused-ring (bicyclic) bond motifs is 1. The first-order valence-electron chi connectivity index (χ1n) is 7.75. The van der Waals surface area contributed by atoms with Crippen LogP contribution >= 0.6 is 11.6 Å². The van der Waals surface area contributed by atoms with E-state index in [4.69, 9.17) is 16.7 Å². The lowest BCUT2D eigenvalue weighted by Gasteiger charge is -2.19. The molecule has 3 rings (SSSR count). The van der Waals surface area contributed by atoms with Gasteiger partial charge in [-0.15, -0.1) is 0 Å². The number of carboxylic acid groups (broad SMARTS) is 1. The van der Waals surface area contributed by atoms with Crippen molar-refractivity contribution in [2.24, 2.45) is 0 Å². The van der Waals surface area contributed by atoms with Crippen LogP contribution in [0.5, 0.6) is 0 Å². The SMILES string of the molecule is O=C(O)c1ccc2c(c1)[C@H](NS(=O)(=O)c1c(Cl)cccc1C(F)(F)F)CC2. The van der Waals surface area contributed by atoms with E-state index in [1.54, 1.807) is 6.07 Å². The number of sulfonamides is 1. The van der Waals surface area contributed by atoms with Crippen LogP contribution in [0.3, 0.4) is 0 Å². The number of nitrogens with one attached hydrogen (secondary N) is 1. The number of carbonyl (C=O) groups is 1. The molecule has 1 aliphatic carbocycles. The van der Waals surface area contributed by atoms with E-state index >= 15 is 0 Å². The van der Waals surface area contributed by atoms with E-state index in [0.717, 1.165) is 17.7 Å². The van der Waals surface area contributed by atoms with E-state index in [9.17, 15) is 26.4 Å². The Morgan fingerprint density at radius 3 is 2.56 bits per heavy atom. The van der Waals surface area contributed by atoms with Crippen molar-refractivity contribution in [3.8, 4) is 0 Å². The van der Waals surface area contributed by atoms with Crippen molar-refractivity contribution in [1.82, 2.24) is 4.72 Å². The van der Waals surface area contributed by atoms with Crippen LogP contribution in [0.4, 0.5) is 13.2 Å². The largest absolute Gasteiger partial charge is 0.478 e. The molecule has 0 fully saturated rings. The first-order chi connectivity index (χ1) is 12.5. The smallest absolute Gasteiger partial charge is 0.417 e. The van der Waals surface area contributed by atoms with Crippen LogP contribution in [0.15, 0.2) is 41.3 Å². The molecular weight excluding hydrogens is 407 g/mol. The van der Waals surface area contributed by atoms with Gasteiger partial charge in [-0.3, -0.25) is 0 Å². The number of hydrogen-bond acceptors (Lipinski definition) is 3. The molecule has 5 nitrogen and oxygen atoms in total. The monoisotopic (exact) mass is 419 g/mol. The molecule has 2 N–H and O–H groups in total. The molecular formula is C17H13ClF3NO4S. The molecule has 2 aromatic rings. The summed E-state index contributed by atoms with van der Waals surface area (Å²) in [5.41, 5.74) is -0.226. The maximum absolute atomic E-state index is 13.2. The van der Waals surface area contributed by atoms with Crippen LogP contribution in [0.25, 0.3) is 0 Å². The number of hydrogen-bond donors (Lipinski definition) is 2. The Bertz CT molecular complexity index is 1020. The lowest BCUT2D eigenvalue weighted by atomic mass is 10.0. The average Bonchev–Trinajstić information content (AvgIpc) is 2.95. The van der Waals surface area contributed by atoms with Gasteiger partial charge in [0, 0.05) is 6.04 Å². The molecule has 0 aliphatic heterocycles. The van der Waals surface area contributed by atoms with Crippen LogP contribution in [-0.2, 0) is 22.6 Å². The van der Waals surface area contributed by atoms with Crippen LogP contribution in [0.2, 0.25) is 5.02 Å². The summed E-state index contributed by atoms with van der Waals surface area (Å²) in [6.45, 7) is 0. The van der Waals surface area contributed by atoms with Crippen LogP contribution < -0.4 is 4.72 Å². The summed E-state index contributed by atoms with van der Waals surface area (Å²) in [5, 5.41) is 8.55. The van der Waals surface area contributed by atoms with E-state index in [2.05, 4.69) is 4.72 Å². The molecule has 0 spiro atoms. The molecule has 1 aliphatic rings. The van der Waals surface area contributed by atoms with Gasteiger partial charge in [-0.1, -0.05) is 23.7 Å². The summed E-state index contributed by atoms with van der Waals surface area (Å²) < 4.78 is 67.3. The summed E-state index contributed by atoms with van der Waals surface area (Å²) >= 11 is 5.78. The van der Waals surface area contributed by atoms with Gasteiger partial charge < -0.3 is 5.11 Å². The maximum atomic E-state index is 13.2. The number of aryl methyl sites for hydroxylation is 1. The van der Waals surface area contributed by atoms with E-state index in [-0.39, 0.29) is 5.56 Å². The van der Waals surface area contributed by atoms with Gasteiger partial charge in [0.2, 0.25) is 10.0 Å². The predicted molar refractivity (Wildman–Crippen MR) is 91.2 cm³/mol. The zero-order valence-corrected chi connectivity index (χ0v) is 15.1. The Balaban J connectivity index is 2.02. The minimum Gasteiger partial charge on any atom is -0.478 e. The van der Waals surface area contributed by atoms with Crippen LogP contribution in [0.1, 0.15) is 39.5 Å². The van der Waals surface area contributed by atoms with E-state index in [0.29, 0.717) is 24.5 Å². The highest BCUT2D eigenvalue weighted by Gasteiger charge is 2.39. The van der Waals surface area contributed by atoms with Crippen molar-refractivity contribution in [3.05, 3.63) is 63.7 Å². The highest BCUT2D eigenvalue weighted by atomic mass is 35.5. The lowest BCUT2D eigenvalue weighted by molar-refractivity contribution is -0.139. The molecule has 0 aromatic heterocycles. The first kappa shape index (κ1) is 19.7. The zero-order valence-electron chi connectivity index (χ0n) is 13.5.